The van der Waals surface area contributed by atoms with Crippen molar-refractivity contribution in [3.8, 4) is 0 Å². The van der Waals surface area contributed by atoms with Crippen LogP contribution in [0, 0.1) is 5.92 Å². The molecule has 0 bridgehead atoms. The minimum absolute atomic E-state index is 0.0402. The minimum Gasteiger partial charge on any atom is -0.372 e. The van der Waals surface area contributed by atoms with Crippen molar-refractivity contribution in [1.29, 1.82) is 0 Å². The van der Waals surface area contributed by atoms with Gasteiger partial charge in [-0.05, 0) is 37.1 Å². The van der Waals surface area contributed by atoms with Crippen LogP contribution in [0.3, 0.4) is 0 Å². The summed E-state index contributed by atoms with van der Waals surface area (Å²) in [5.74, 6) is -0.488. The van der Waals surface area contributed by atoms with Gasteiger partial charge in [0.05, 0.1) is 5.92 Å². The maximum Gasteiger partial charge on any atom is 0.229 e. The van der Waals surface area contributed by atoms with Crippen LogP contribution in [0.5, 0.6) is 0 Å². The summed E-state index contributed by atoms with van der Waals surface area (Å²) >= 11 is 1.42. The summed E-state index contributed by atoms with van der Waals surface area (Å²) < 4.78 is 0. The van der Waals surface area contributed by atoms with Crippen LogP contribution in [-0.4, -0.2) is 36.4 Å². The number of benzene rings is 1. The van der Waals surface area contributed by atoms with Crippen LogP contribution < -0.4 is 15.1 Å². The first-order valence-corrected chi connectivity index (χ1v) is 10.4. The van der Waals surface area contributed by atoms with Crippen LogP contribution in [0.1, 0.15) is 32.1 Å². The van der Waals surface area contributed by atoms with E-state index < -0.39 is 0 Å². The Morgan fingerprint density at radius 1 is 1.11 bits per heavy atom. The van der Waals surface area contributed by atoms with Crippen molar-refractivity contribution in [2.75, 3.05) is 34.8 Å². The molecule has 0 aliphatic carbocycles. The summed E-state index contributed by atoms with van der Waals surface area (Å²) in [6.45, 7) is 2.59. The normalized spacial score (nSPS) is 20.6. The second-order valence-electron chi connectivity index (χ2n) is 7.16. The van der Waals surface area contributed by atoms with E-state index >= 15 is 0 Å². The van der Waals surface area contributed by atoms with Crippen molar-refractivity contribution < 1.29 is 9.59 Å². The third kappa shape index (κ3) is 4.13. The van der Waals surface area contributed by atoms with Crippen LogP contribution in [0.4, 0.5) is 16.5 Å². The largest absolute Gasteiger partial charge is 0.372 e. The second-order valence-corrected chi connectivity index (χ2v) is 8.03. The molecule has 7 heteroatoms. The number of rotatable bonds is 4. The fourth-order valence-electron chi connectivity index (χ4n) is 3.75. The van der Waals surface area contributed by atoms with Crippen molar-refractivity contribution in [3.63, 3.8) is 0 Å². The van der Waals surface area contributed by atoms with Crippen LogP contribution in [0.25, 0.3) is 0 Å². The van der Waals surface area contributed by atoms with Gasteiger partial charge in [0, 0.05) is 49.0 Å². The van der Waals surface area contributed by atoms with E-state index in [0.717, 1.165) is 18.8 Å². The molecule has 2 aliphatic heterocycles. The molecule has 1 N–H and O–H groups in total. The van der Waals surface area contributed by atoms with Crippen LogP contribution in [0.2, 0.25) is 0 Å². The van der Waals surface area contributed by atoms with E-state index in [1.165, 1.54) is 42.7 Å². The summed E-state index contributed by atoms with van der Waals surface area (Å²) in [6, 6.07) is 8.05. The number of anilines is 3. The third-order valence-corrected chi connectivity index (χ3v) is 6.05. The van der Waals surface area contributed by atoms with Gasteiger partial charge in [-0.15, -0.1) is 11.3 Å². The molecular formula is C20H24N4O2S. The SMILES string of the molecule is O=C(Nc1ccc(N2CCCCCC2)cc1)[C@@H]1CC(=O)N(c2nccs2)C1. The number of carbonyl (C=O) groups excluding carboxylic acids is 2. The lowest BCUT2D eigenvalue weighted by Gasteiger charge is -2.23. The van der Waals surface area contributed by atoms with Gasteiger partial charge in [-0.25, -0.2) is 4.98 Å². The molecule has 1 aromatic carbocycles. The maximum atomic E-state index is 12.6. The summed E-state index contributed by atoms with van der Waals surface area (Å²) in [6.07, 6.45) is 7.00. The lowest BCUT2D eigenvalue weighted by Crippen LogP contribution is -2.28. The zero-order chi connectivity index (χ0) is 18.6. The molecular weight excluding hydrogens is 360 g/mol. The highest BCUT2D eigenvalue weighted by molar-refractivity contribution is 7.13. The summed E-state index contributed by atoms with van der Waals surface area (Å²) in [4.78, 5) is 33.0. The van der Waals surface area contributed by atoms with Crippen LogP contribution in [0.15, 0.2) is 35.8 Å². The van der Waals surface area contributed by atoms with Gasteiger partial charge in [-0.1, -0.05) is 12.8 Å². The first-order valence-electron chi connectivity index (χ1n) is 9.56. The number of nitrogens with one attached hydrogen (secondary N) is 1. The molecule has 2 saturated heterocycles. The first kappa shape index (κ1) is 18.0. The number of amides is 2. The molecule has 4 rings (SSSR count). The van der Waals surface area contributed by atoms with Crippen molar-refractivity contribution >= 4 is 39.7 Å². The average molecular weight is 385 g/mol. The highest BCUT2D eigenvalue weighted by Gasteiger charge is 2.36. The molecule has 0 spiro atoms. The van der Waals surface area contributed by atoms with E-state index in [1.54, 1.807) is 11.1 Å². The summed E-state index contributed by atoms with van der Waals surface area (Å²) in [5, 5.41) is 5.46. The van der Waals surface area contributed by atoms with Gasteiger partial charge in [0.1, 0.15) is 0 Å². The minimum atomic E-state index is -0.341. The molecule has 2 aromatic rings. The van der Waals surface area contributed by atoms with Gasteiger partial charge < -0.3 is 10.2 Å². The number of nitrogens with zero attached hydrogens (tertiary/aromatic N) is 3. The molecule has 3 heterocycles. The highest BCUT2D eigenvalue weighted by atomic mass is 32.1. The van der Waals surface area contributed by atoms with Gasteiger partial charge in [-0.2, -0.15) is 0 Å². The molecule has 2 fully saturated rings. The number of thiazole rings is 1. The number of hydrogen-bond donors (Lipinski definition) is 1. The second kappa shape index (κ2) is 8.08. The van der Waals surface area contributed by atoms with Crippen LogP contribution >= 0.6 is 11.3 Å². The molecule has 2 aliphatic rings. The topological polar surface area (TPSA) is 65.5 Å². The molecule has 1 aromatic heterocycles. The van der Waals surface area contributed by atoms with Crippen molar-refractivity contribution in [3.05, 3.63) is 35.8 Å². The van der Waals surface area contributed by atoms with E-state index in [-0.39, 0.29) is 24.2 Å². The Labute approximate surface area is 163 Å². The molecule has 142 valence electrons. The van der Waals surface area contributed by atoms with Crippen molar-refractivity contribution in [2.24, 2.45) is 5.92 Å². The summed E-state index contributed by atoms with van der Waals surface area (Å²) in [5.41, 5.74) is 1.99. The van der Waals surface area contributed by atoms with Gasteiger partial charge in [-0.3, -0.25) is 14.5 Å². The van der Waals surface area contributed by atoms with Crippen LogP contribution in [-0.2, 0) is 9.59 Å². The lowest BCUT2D eigenvalue weighted by atomic mass is 10.1. The standard InChI is InChI=1S/C20H24N4O2S/c25-18-13-15(14-24(18)20-21-9-12-27-20)19(26)22-16-5-7-17(8-6-16)23-10-3-1-2-4-11-23/h5-9,12,15H,1-4,10-11,13-14H2,(H,22,26)/t15-/m1/s1. The molecule has 0 unspecified atom stereocenters. The zero-order valence-corrected chi connectivity index (χ0v) is 16.1. The molecule has 0 radical (unpaired) electrons. The fraction of sp³-hybridized carbons (Fsp3) is 0.450. The Hall–Kier alpha value is -2.41. The van der Waals surface area contributed by atoms with Gasteiger partial charge >= 0.3 is 0 Å². The van der Waals surface area contributed by atoms with E-state index in [9.17, 15) is 9.59 Å². The van der Waals surface area contributed by atoms with E-state index in [0.29, 0.717) is 11.7 Å². The van der Waals surface area contributed by atoms with Crippen molar-refractivity contribution in [1.82, 2.24) is 4.98 Å². The Balaban J connectivity index is 1.36. The molecule has 0 saturated carbocycles. The van der Waals surface area contributed by atoms with Crippen molar-refractivity contribution in [2.45, 2.75) is 32.1 Å². The van der Waals surface area contributed by atoms with E-state index in [1.807, 2.05) is 17.5 Å². The predicted octanol–water partition coefficient (Wildman–Crippen LogP) is 3.52. The van der Waals surface area contributed by atoms with E-state index in [4.69, 9.17) is 0 Å². The Kier molecular flexibility index (Phi) is 5.38. The smallest absolute Gasteiger partial charge is 0.229 e. The quantitative estimate of drug-likeness (QED) is 0.876. The van der Waals surface area contributed by atoms with Gasteiger partial charge in [0.2, 0.25) is 11.8 Å². The Morgan fingerprint density at radius 3 is 2.52 bits per heavy atom. The molecule has 27 heavy (non-hydrogen) atoms. The summed E-state index contributed by atoms with van der Waals surface area (Å²) in [7, 11) is 0. The molecule has 1 atom stereocenters. The van der Waals surface area contributed by atoms with Gasteiger partial charge in [0.25, 0.3) is 0 Å². The Bertz CT molecular complexity index is 783. The molecule has 2 amide bonds. The molecule has 6 nitrogen and oxygen atoms in total. The number of hydrogen-bond acceptors (Lipinski definition) is 5. The number of carbonyl (C=O) groups is 2. The van der Waals surface area contributed by atoms with Gasteiger partial charge in [0.15, 0.2) is 5.13 Å². The first-order chi connectivity index (χ1) is 13.2. The predicted molar refractivity (Wildman–Crippen MR) is 108 cm³/mol. The number of aromatic nitrogens is 1. The van der Waals surface area contributed by atoms with E-state index in [2.05, 4.69) is 27.3 Å². The average Bonchev–Trinajstić information content (AvgIpc) is 3.25. The highest BCUT2D eigenvalue weighted by Crippen LogP contribution is 2.28. The monoisotopic (exact) mass is 384 g/mol. The fourth-order valence-corrected chi connectivity index (χ4v) is 4.41. The maximum absolute atomic E-state index is 12.6. The Morgan fingerprint density at radius 2 is 1.85 bits per heavy atom. The zero-order valence-electron chi connectivity index (χ0n) is 15.3. The lowest BCUT2D eigenvalue weighted by molar-refractivity contribution is -0.122. The third-order valence-electron chi connectivity index (χ3n) is 5.25.